The highest BCUT2D eigenvalue weighted by atomic mass is 32.1. The molecule has 26 heavy (non-hydrogen) atoms. The summed E-state index contributed by atoms with van der Waals surface area (Å²) in [6.45, 7) is 3.44. The summed E-state index contributed by atoms with van der Waals surface area (Å²) in [5.41, 5.74) is 1.47. The zero-order valence-electron chi connectivity index (χ0n) is 15.4. The van der Waals surface area contributed by atoms with Gasteiger partial charge in [-0.2, -0.15) is 5.10 Å². The molecular formula is C19H27N5OS. The smallest absolute Gasteiger partial charge is 0.270 e. The van der Waals surface area contributed by atoms with Gasteiger partial charge in [-0.3, -0.25) is 9.48 Å². The van der Waals surface area contributed by atoms with Crippen LogP contribution < -0.4 is 5.32 Å². The molecule has 7 heteroatoms. The van der Waals surface area contributed by atoms with Crippen LogP contribution in [0, 0.1) is 5.92 Å². The Kier molecular flexibility index (Phi) is 5.36. The van der Waals surface area contributed by atoms with Gasteiger partial charge in [0.1, 0.15) is 10.7 Å². The SMILES string of the molecule is Cn1cc(-c2nc(C(=O)NC3CCN(CC4CCCC4)CC3)cs2)cn1. The normalized spacial score (nSPS) is 19.9. The number of amides is 1. The maximum Gasteiger partial charge on any atom is 0.270 e. The van der Waals surface area contributed by atoms with Crippen LogP contribution in [0.5, 0.6) is 0 Å². The van der Waals surface area contributed by atoms with Gasteiger partial charge in [0.2, 0.25) is 0 Å². The molecule has 4 rings (SSSR count). The van der Waals surface area contributed by atoms with Gasteiger partial charge in [-0.25, -0.2) is 4.98 Å². The van der Waals surface area contributed by atoms with E-state index in [2.05, 4.69) is 20.3 Å². The minimum Gasteiger partial charge on any atom is -0.348 e. The van der Waals surface area contributed by atoms with Crippen molar-refractivity contribution in [3.63, 3.8) is 0 Å². The first kappa shape index (κ1) is 17.7. The predicted molar refractivity (Wildman–Crippen MR) is 103 cm³/mol. The van der Waals surface area contributed by atoms with E-state index in [1.165, 1.54) is 43.6 Å². The minimum atomic E-state index is -0.0503. The van der Waals surface area contributed by atoms with E-state index in [0.29, 0.717) is 5.69 Å². The van der Waals surface area contributed by atoms with Crippen LogP contribution in [0.3, 0.4) is 0 Å². The fourth-order valence-electron chi connectivity index (χ4n) is 4.12. The van der Waals surface area contributed by atoms with E-state index in [4.69, 9.17) is 0 Å². The van der Waals surface area contributed by atoms with Crippen LogP contribution in [0.2, 0.25) is 0 Å². The van der Waals surface area contributed by atoms with Crippen molar-refractivity contribution in [2.75, 3.05) is 19.6 Å². The van der Waals surface area contributed by atoms with Crippen LogP contribution >= 0.6 is 11.3 Å². The van der Waals surface area contributed by atoms with Crippen LogP contribution in [-0.2, 0) is 7.05 Å². The van der Waals surface area contributed by atoms with Crippen molar-refractivity contribution in [2.24, 2.45) is 13.0 Å². The monoisotopic (exact) mass is 373 g/mol. The first-order valence-electron chi connectivity index (χ1n) is 9.65. The zero-order valence-corrected chi connectivity index (χ0v) is 16.2. The number of thiazole rings is 1. The summed E-state index contributed by atoms with van der Waals surface area (Å²) < 4.78 is 1.75. The van der Waals surface area contributed by atoms with E-state index in [1.807, 2.05) is 18.6 Å². The average molecular weight is 374 g/mol. The van der Waals surface area contributed by atoms with Crippen molar-refractivity contribution in [1.29, 1.82) is 0 Å². The van der Waals surface area contributed by atoms with Crippen molar-refractivity contribution in [2.45, 2.75) is 44.6 Å². The van der Waals surface area contributed by atoms with Gasteiger partial charge in [-0.1, -0.05) is 12.8 Å². The van der Waals surface area contributed by atoms with E-state index in [-0.39, 0.29) is 11.9 Å². The summed E-state index contributed by atoms with van der Waals surface area (Å²) in [5, 5.41) is 10.0. The second-order valence-corrected chi connectivity index (χ2v) is 8.50. The Bertz CT molecular complexity index is 741. The third-order valence-electron chi connectivity index (χ3n) is 5.60. The van der Waals surface area contributed by atoms with Crippen molar-refractivity contribution >= 4 is 17.2 Å². The lowest BCUT2D eigenvalue weighted by atomic mass is 10.0. The van der Waals surface area contributed by atoms with Crippen LogP contribution in [0.15, 0.2) is 17.8 Å². The standard InChI is InChI=1S/C19H27N5OS/c1-23-12-15(10-20-23)19-22-17(13-26-19)18(25)21-16-6-8-24(9-7-16)11-14-4-2-3-5-14/h10,12-14,16H,2-9,11H2,1H3,(H,21,25). The second-order valence-electron chi connectivity index (χ2n) is 7.64. The molecule has 140 valence electrons. The van der Waals surface area contributed by atoms with Crippen molar-refractivity contribution in [1.82, 2.24) is 25.0 Å². The Morgan fingerprint density at radius 3 is 2.73 bits per heavy atom. The summed E-state index contributed by atoms with van der Waals surface area (Å²) in [7, 11) is 1.88. The molecule has 1 aliphatic heterocycles. The number of carbonyl (C=O) groups is 1. The first-order chi connectivity index (χ1) is 12.7. The Morgan fingerprint density at radius 2 is 2.04 bits per heavy atom. The van der Waals surface area contributed by atoms with Gasteiger partial charge in [0.25, 0.3) is 5.91 Å². The molecule has 1 amide bonds. The van der Waals surface area contributed by atoms with E-state index >= 15 is 0 Å². The number of nitrogens with zero attached hydrogens (tertiary/aromatic N) is 4. The van der Waals surface area contributed by atoms with E-state index in [0.717, 1.165) is 42.4 Å². The molecule has 1 N–H and O–H groups in total. The number of piperidine rings is 1. The Balaban J connectivity index is 1.27. The van der Waals surface area contributed by atoms with Crippen molar-refractivity contribution in [3.05, 3.63) is 23.5 Å². The van der Waals surface area contributed by atoms with Crippen molar-refractivity contribution < 1.29 is 4.79 Å². The van der Waals surface area contributed by atoms with Gasteiger partial charge in [0.05, 0.1) is 6.20 Å². The minimum absolute atomic E-state index is 0.0503. The summed E-state index contributed by atoms with van der Waals surface area (Å²) in [4.78, 5) is 19.6. The Hall–Kier alpha value is -1.73. The van der Waals surface area contributed by atoms with Crippen LogP contribution in [0.1, 0.15) is 49.0 Å². The molecular weight excluding hydrogens is 346 g/mol. The third kappa shape index (κ3) is 4.15. The third-order valence-corrected chi connectivity index (χ3v) is 6.49. The highest BCUT2D eigenvalue weighted by Crippen LogP contribution is 2.27. The van der Waals surface area contributed by atoms with Gasteiger partial charge in [0.15, 0.2) is 0 Å². The number of likely N-dealkylation sites (tertiary alicyclic amines) is 1. The maximum atomic E-state index is 12.5. The quantitative estimate of drug-likeness (QED) is 0.875. The maximum absolute atomic E-state index is 12.5. The molecule has 0 aromatic carbocycles. The van der Waals surface area contributed by atoms with Gasteiger partial charge in [-0.15, -0.1) is 11.3 Å². The molecule has 1 saturated heterocycles. The number of carbonyl (C=O) groups excluding carboxylic acids is 1. The molecule has 0 atom stereocenters. The first-order valence-corrected chi connectivity index (χ1v) is 10.5. The number of aryl methyl sites for hydroxylation is 1. The van der Waals surface area contributed by atoms with Crippen LogP contribution in [0.25, 0.3) is 10.6 Å². The highest BCUT2D eigenvalue weighted by Gasteiger charge is 2.25. The lowest BCUT2D eigenvalue weighted by Crippen LogP contribution is -2.45. The second kappa shape index (κ2) is 7.88. The number of hydrogen-bond donors (Lipinski definition) is 1. The summed E-state index contributed by atoms with van der Waals surface area (Å²) >= 11 is 1.49. The summed E-state index contributed by atoms with van der Waals surface area (Å²) in [6.07, 6.45) is 11.4. The molecule has 1 saturated carbocycles. The van der Waals surface area contributed by atoms with Crippen LogP contribution in [0.4, 0.5) is 0 Å². The molecule has 6 nitrogen and oxygen atoms in total. The fourth-order valence-corrected chi connectivity index (χ4v) is 4.90. The molecule has 2 aliphatic rings. The molecule has 0 bridgehead atoms. The largest absolute Gasteiger partial charge is 0.348 e. The molecule has 3 heterocycles. The number of hydrogen-bond acceptors (Lipinski definition) is 5. The van der Waals surface area contributed by atoms with E-state index in [9.17, 15) is 4.79 Å². The number of nitrogens with one attached hydrogen (secondary N) is 1. The predicted octanol–water partition coefficient (Wildman–Crippen LogP) is 2.93. The molecule has 0 radical (unpaired) electrons. The summed E-state index contributed by atoms with van der Waals surface area (Å²) in [6, 6.07) is 0.269. The average Bonchev–Trinajstić information content (AvgIpc) is 3.37. The topological polar surface area (TPSA) is 63.1 Å². The van der Waals surface area contributed by atoms with Crippen molar-refractivity contribution in [3.8, 4) is 10.6 Å². The fraction of sp³-hybridized carbons (Fsp3) is 0.632. The van der Waals surface area contributed by atoms with Gasteiger partial charge < -0.3 is 10.2 Å². The van der Waals surface area contributed by atoms with Gasteiger partial charge in [0, 0.05) is 49.9 Å². The Morgan fingerprint density at radius 1 is 1.27 bits per heavy atom. The lowest BCUT2D eigenvalue weighted by Gasteiger charge is -2.33. The van der Waals surface area contributed by atoms with Gasteiger partial charge >= 0.3 is 0 Å². The molecule has 1 aliphatic carbocycles. The molecule has 2 fully saturated rings. The molecule has 2 aromatic rings. The molecule has 0 spiro atoms. The van der Waals surface area contributed by atoms with Gasteiger partial charge in [-0.05, 0) is 31.6 Å². The van der Waals surface area contributed by atoms with E-state index < -0.39 is 0 Å². The molecule has 2 aromatic heterocycles. The Labute approximate surface area is 158 Å². The lowest BCUT2D eigenvalue weighted by molar-refractivity contribution is 0.0901. The molecule has 0 unspecified atom stereocenters. The number of aromatic nitrogens is 3. The van der Waals surface area contributed by atoms with E-state index in [1.54, 1.807) is 10.9 Å². The summed E-state index contributed by atoms with van der Waals surface area (Å²) in [5.74, 6) is 0.854. The zero-order chi connectivity index (χ0) is 17.9. The number of rotatable bonds is 5. The van der Waals surface area contributed by atoms with Crippen LogP contribution in [-0.4, -0.2) is 51.2 Å². The highest BCUT2D eigenvalue weighted by molar-refractivity contribution is 7.13.